The number of benzene rings is 1. The van der Waals surface area contributed by atoms with Crippen molar-refractivity contribution in [2.45, 2.75) is 59.0 Å². The first-order valence-electron chi connectivity index (χ1n) is 12.5. The highest BCUT2D eigenvalue weighted by molar-refractivity contribution is 5.95. The lowest BCUT2D eigenvalue weighted by Crippen LogP contribution is -2.23. The molecule has 1 N–H and O–H groups in total. The molecule has 0 radical (unpaired) electrons. The highest BCUT2D eigenvalue weighted by Crippen LogP contribution is 2.39. The Morgan fingerprint density at radius 1 is 1.00 bits per heavy atom. The molecule has 35 heavy (non-hydrogen) atoms. The van der Waals surface area contributed by atoms with E-state index in [1.165, 1.54) is 12.8 Å². The van der Waals surface area contributed by atoms with Crippen molar-refractivity contribution in [3.63, 3.8) is 0 Å². The fourth-order valence-electron chi connectivity index (χ4n) is 4.46. The summed E-state index contributed by atoms with van der Waals surface area (Å²) in [6.45, 7) is 7.35. The first kappa shape index (κ1) is 24.6. The standard InChI is InChI=1S/C27H34N4O4/c1-4-33-24-15-19(16-25(34-5-2)26(24)35-6-3)27(32)29-18-20-17-23(22-13-9-10-14-28-22)31(30-20)21-11-7-8-12-21/h9-10,13-17,21H,4-8,11-12,18H2,1-3H3,(H,29,32). The zero-order chi connectivity index (χ0) is 24.6. The molecule has 0 unspecified atom stereocenters. The smallest absolute Gasteiger partial charge is 0.251 e. The fraction of sp³-hybridized carbons (Fsp3) is 0.444. The third-order valence-electron chi connectivity index (χ3n) is 5.99. The summed E-state index contributed by atoms with van der Waals surface area (Å²) >= 11 is 0. The lowest BCUT2D eigenvalue weighted by atomic mass is 10.1. The SMILES string of the molecule is CCOc1cc(C(=O)NCc2cc(-c3ccccn3)n(C3CCCC3)n2)cc(OCC)c1OCC. The van der Waals surface area contributed by atoms with Crippen LogP contribution in [0.2, 0.25) is 0 Å². The minimum absolute atomic E-state index is 0.232. The van der Waals surface area contributed by atoms with Crippen molar-refractivity contribution in [2.75, 3.05) is 19.8 Å². The van der Waals surface area contributed by atoms with Crippen LogP contribution >= 0.6 is 0 Å². The second-order valence-electron chi connectivity index (χ2n) is 8.40. The second kappa shape index (κ2) is 11.7. The summed E-state index contributed by atoms with van der Waals surface area (Å²) in [7, 11) is 0. The molecule has 0 bridgehead atoms. The lowest BCUT2D eigenvalue weighted by molar-refractivity contribution is 0.0949. The third-order valence-corrected chi connectivity index (χ3v) is 5.99. The molecule has 8 heteroatoms. The van der Waals surface area contributed by atoms with Crippen molar-refractivity contribution in [1.82, 2.24) is 20.1 Å². The number of amides is 1. The van der Waals surface area contributed by atoms with Crippen LogP contribution < -0.4 is 19.5 Å². The van der Waals surface area contributed by atoms with Gasteiger partial charge in [-0.1, -0.05) is 18.9 Å². The predicted octanol–water partition coefficient (Wildman–Crippen LogP) is 5.19. The van der Waals surface area contributed by atoms with Crippen LogP contribution in [0, 0.1) is 0 Å². The van der Waals surface area contributed by atoms with Crippen LogP contribution in [0.15, 0.2) is 42.6 Å². The van der Waals surface area contributed by atoms with Crippen LogP contribution in [0.5, 0.6) is 17.2 Å². The van der Waals surface area contributed by atoms with Gasteiger partial charge in [0.25, 0.3) is 5.91 Å². The molecule has 3 aromatic rings. The Balaban J connectivity index is 1.56. The van der Waals surface area contributed by atoms with E-state index in [1.54, 1.807) is 18.3 Å². The van der Waals surface area contributed by atoms with Gasteiger partial charge < -0.3 is 19.5 Å². The Labute approximate surface area is 206 Å². The highest BCUT2D eigenvalue weighted by atomic mass is 16.5. The van der Waals surface area contributed by atoms with E-state index < -0.39 is 0 Å². The van der Waals surface area contributed by atoms with Gasteiger partial charge in [-0.05, 0) is 63.9 Å². The molecule has 1 aliphatic rings. The number of aromatic nitrogens is 3. The number of pyridine rings is 1. The first-order valence-corrected chi connectivity index (χ1v) is 12.5. The van der Waals surface area contributed by atoms with E-state index in [-0.39, 0.29) is 5.91 Å². The molecule has 0 aliphatic heterocycles. The van der Waals surface area contributed by atoms with Gasteiger partial charge in [-0.3, -0.25) is 14.5 Å². The zero-order valence-electron chi connectivity index (χ0n) is 20.8. The fourth-order valence-corrected chi connectivity index (χ4v) is 4.46. The van der Waals surface area contributed by atoms with Crippen LogP contribution in [0.3, 0.4) is 0 Å². The molecular formula is C27H34N4O4. The number of hydrogen-bond acceptors (Lipinski definition) is 6. The van der Waals surface area contributed by atoms with Gasteiger partial charge in [0.1, 0.15) is 0 Å². The summed E-state index contributed by atoms with van der Waals surface area (Å²) in [6, 6.07) is 11.7. The van der Waals surface area contributed by atoms with Crippen molar-refractivity contribution in [3.05, 3.63) is 53.9 Å². The molecule has 2 aromatic heterocycles. The van der Waals surface area contributed by atoms with E-state index in [4.69, 9.17) is 19.3 Å². The van der Waals surface area contributed by atoms with Gasteiger partial charge in [0.05, 0.1) is 49.5 Å². The van der Waals surface area contributed by atoms with Crippen molar-refractivity contribution in [2.24, 2.45) is 0 Å². The first-order chi connectivity index (χ1) is 17.1. The van der Waals surface area contributed by atoms with Crippen molar-refractivity contribution >= 4 is 5.91 Å². The van der Waals surface area contributed by atoms with Gasteiger partial charge in [0.15, 0.2) is 11.5 Å². The summed E-state index contributed by atoms with van der Waals surface area (Å²) in [5, 5.41) is 7.86. The van der Waals surface area contributed by atoms with E-state index in [9.17, 15) is 4.79 Å². The molecule has 4 rings (SSSR count). The maximum atomic E-state index is 13.1. The highest BCUT2D eigenvalue weighted by Gasteiger charge is 2.23. The molecule has 1 aromatic carbocycles. The Morgan fingerprint density at radius 2 is 1.69 bits per heavy atom. The molecule has 1 amide bonds. The maximum Gasteiger partial charge on any atom is 0.251 e. The summed E-state index contributed by atoms with van der Waals surface area (Å²) in [5.74, 6) is 1.27. The number of ether oxygens (including phenoxy) is 3. The van der Waals surface area contributed by atoms with Crippen molar-refractivity contribution < 1.29 is 19.0 Å². The maximum absolute atomic E-state index is 13.1. The van der Waals surface area contributed by atoms with Crippen molar-refractivity contribution in [3.8, 4) is 28.6 Å². The average Bonchev–Trinajstić information content (AvgIpc) is 3.55. The molecular weight excluding hydrogens is 444 g/mol. The molecule has 186 valence electrons. The Kier molecular flexibility index (Phi) is 8.23. The summed E-state index contributed by atoms with van der Waals surface area (Å²) in [4.78, 5) is 17.6. The number of carbonyl (C=O) groups excluding carboxylic acids is 1. The Hall–Kier alpha value is -3.55. The number of nitrogens with zero attached hydrogens (tertiary/aromatic N) is 3. The van der Waals surface area contributed by atoms with E-state index in [0.29, 0.717) is 55.2 Å². The largest absolute Gasteiger partial charge is 0.490 e. The molecule has 1 saturated carbocycles. The van der Waals surface area contributed by atoms with E-state index in [1.807, 2.05) is 45.0 Å². The minimum Gasteiger partial charge on any atom is -0.490 e. The van der Waals surface area contributed by atoms with Gasteiger partial charge in [-0.15, -0.1) is 0 Å². The molecule has 8 nitrogen and oxygen atoms in total. The summed E-state index contributed by atoms with van der Waals surface area (Å²) in [5.41, 5.74) is 3.12. The van der Waals surface area contributed by atoms with E-state index in [2.05, 4.69) is 15.0 Å². The summed E-state index contributed by atoms with van der Waals surface area (Å²) in [6.07, 6.45) is 6.43. The monoisotopic (exact) mass is 478 g/mol. The molecule has 1 fully saturated rings. The van der Waals surface area contributed by atoms with Crippen LogP contribution in [0.1, 0.15) is 68.5 Å². The topological polar surface area (TPSA) is 87.5 Å². The molecule has 1 aliphatic carbocycles. The number of carbonyl (C=O) groups is 1. The quantitative estimate of drug-likeness (QED) is 0.408. The zero-order valence-corrected chi connectivity index (χ0v) is 20.8. The Bertz CT molecular complexity index is 1100. The van der Waals surface area contributed by atoms with Gasteiger partial charge >= 0.3 is 0 Å². The van der Waals surface area contributed by atoms with Crippen LogP contribution in [-0.2, 0) is 6.54 Å². The molecule has 0 saturated heterocycles. The third kappa shape index (κ3) is 5.75. The van der Waals surface area contributed by atoms with E-state index in [0.717, 1.165) is 29.9 Å². The molecule has 0 atom stereocenters. The van der Waals surface area contributed by atoms with Crippen LogP contribution in [0.4, 0.5) is 0 Å². The number of hydrogen-bond donors (Lipinski definition) is 1. The number of rotatable bonds is 11. The van der Waals surface area contributed by atoms with Crippen LogP contribution in [0.25, 0.3) is 11.4 Å². The summed E-state index contributed by atoms with van der Waals surface area (Å²) < 4.78 is 19.3. The second-order valence-corrected chi connectivity index (χ2v) is 8.40. The molecule has 2 heterocycles. The van der Waals surface area contributed by atoms with Crippen LogP contribution in [-0.4, -0.2) is 40.5 Å². The number of nitrogens with one attached hydrogen (secondary N) is 1. The normalized spacial score (nSPS) is 13.6. The van der Waals surface area contributed by atoms with Gasteiger partial charge in [-0.2, -0.15) is 5.10 Å². The minimum atomic E-state index is -0.232. The van der Waals surface area contributed by atoms with Crippen molar-refractivity contribution in [1.29, 1.82) is 0 Å². The van der Waals surface area contributed by atoms with E-state index >= 15 is 0 Å². The molecule has 0 spiro atoms. The Morgan fingerprint density at radius 3 is 2.29 bits per heavy atom. The lowest BCUT2D eigenvalue weighted by Gasteiger charge is -2.17. The predicted molar refractivity (Wildman–Crippen MR) is 134 cm³/mol. The van der Waals surface area contributed by atoms with Gasteiger partial charge in [0, 0.05) is 11.8 Å². The average molecular weight is 479 g/mol. The van der Waals surface area contributed by atoms with Gasteiger partial charge in [0.2, 0.25) is 5.75 Å². The van der Waals surface area contributed by atoms with Gasteiger partial charge in [-0.25, -0.2) is 0 Å².